The summed E-state index contributed by atoms with van der Waals surface area (Å²) in [5, 5.41) is 28.3. The molecule has 1 saturated carbocycles. The Hall–Kier alpha value is -5.67. The number of carbonyl (C=O) groups excluding carboxylic acids is 5. The summed E-state index contributed by atoms with van der Waals surface area (Å²) >= 11 is 0. The standard InChI is InChI=1S/C12H20N6O.C9H19NO5S.C8H16N4O2.C8H18N2O2.C8H17NO3/c1-7(13)5-15-12-16-6-9(10(14)19)11(18-12)17-8-3-2-4-8;1-7(6-14-16(5,12)13)10-8(11)15-9(2,3)4;1-6(5-10-12-9)11-7(13)14-8(2,3)4;1-6(5-9)10-7(11)12-8(2,3)4;1-6(5-10)9-7(11)12-8(2,3)4/h6-8H,2-5,13H2,1H3,(H2,14,19)(H2,15,16,17,18);7H,6H2,1-5H3,(H,10,11);6H,5H2,1-4H3,(H,11,13);6H,5,9H2,1-4H3,(H,10,11);6,10H,5H2,1-4H3,(H,9,11)/t2*7-;3*6-/m00000/s1. The van der Waals surface area contributed by atoms with Crippen LogP contribution in [0.15, 0.2) is 11.3 Å². The number of nitrogens with one attached hydrogen (secondary N) is 6. The predicted molar refractivity (Wildman–Crippen MR) is 280 cm³/mol. The number of aromatic nitrogens is 2. The molecule has 0 bridgehead atoms. The van der Waals surface area contributed by atoms with Gasteiger partial charge in [0, 0.05) is 54.9 Å². The molecule has 27 nitrogen and oxygen atoms in total. The monoisotopic (exact) mass is 1070 g/mol. The maximum absolute atomic E-state index is 11.3. The zero-order valence-electron chi connectivity index (χ0n) is 46.4. The average Bonchev–Trinajstić information content (AvgIpc) is 3.17. The molecular formula is C45H90N14O13S. The maximum atomic E-state index is 11.3. The highest BCUT2D eigenvalue weighted by molar-refractivity contribution is 7.85. The smallest absolute Gasteiger partial charge is 0.407 e. The van der Waals surface area contributed by atoms with Crippen LogP contribution in [0.1, 0.15) is 147 Å². The lowest BCUT2D eigenvalue weighted by Crippen LogP contribution is -2.41. The molecule has 5 amide bonds. The molecule has 0 aromatic carbocycles. The molecule has 28 heteroatoms. The van der Waals surface area contributed by atoms with Crippen LogP contribution in [0.3, 0.4) is 0 Å². The van der Waals surface area contributed by atoms with E-state index in [0.29, 0.717) is 36.5 Å². The highest BCUT2D eigenvalue weighted by Crippen LogP contribution is 2.24. The summed E-state index contributed by atoms with van der Waals surface area (Å²) in [6.45, 7) is 31.2. The number of ether oxygens (including phenoxy) is 4. The van der Waals surface area contributed by atoms with Crippen molar-refractivity contribution < 1.29 is 60.6 Å². The summed E-state index contributed by atoms with van der Waals surface area (Å²) in [7, 11) is -3.48. The van der Waals surface area contributed by atoms with Crippen molar-refractivity contribution in [2.24, 2.45) is 22.3 Å². The fourth-order valence-corrected chi connectivity index (χ4v) is 4.82. The molecule has 0 spiro atoms. The van der Waals surface area contributed by atoms with Gasteiger partial charge in [-0.3, -0.25) is 8.98 Å². The molecular weight excluding hydrogens is 977 g/mol. The van der Waals surface area contributed by atoms with Crippen LogP contribution < -0.4 is 49.1 Å². The minimum atomic E-state index is -3.48. The Bertz CT molecular complexity index is 1920. The first kappa shape index (κ1) is 71.6. The lowest BCUT2D eigenvalue weighted by atomic mass is 9.93. The fraction of sp³-hybridized carbons (Fsp3) is 0.800. The van der Waals surface area contributed by atoms with Crippen LogP contribution in [-0.2, 0) is 33.2 Å². The number of aliphatic hydroxyl groups is 1. The van der Waals surface area contributed by atoms with E-state index in [-0.39, 0.29) is 43.9 Å². The van der Waals surface area contributed by atoms with Crippen molar-refractivity contribution in [1.82, 2.24) is 31.2 Å². The zero-order chi connectivity index (χ0) is 57.6. The summed E-state index contributed by atoms with van der Waals surface area (Å²) in [6.07, 6.45) is 3.76. The Morgan fingerprint density at radius 1 is 0.767 bits per heavy atom. The minimum Gasteiger partial charge on any atom is -0.444 e. The third-order valence-electron chi connectivity index (χ3n) is 7.71. The van der Waals surface area contributed by atoms with Gasteiger partial charge in [0.2, 0.25) is 5.95 Å². The van der Waals surface area contributed by atoms with Gasteiger partial charge >= 0.3 is 24.4 Å². The number of primary amides is 1. The van der Waals surface area contributed by atoms with Crippen molar-refractivity contribution in [2.45, 2.75) is 196 Å². The summed E-state index contributed by atoms with van der Waals surface area (Å²) in [5.41, 5.74) is 22.6. The van der Waals surface area contributed by atoms with Crippen molar-refractivity contribution in [3.63, 3.8) is 0 Å². The number of rotatable bonds is 17. The van der Waals surface area contributed by atoms with Gasteiger partial charge in [0.05, 0.1) is 37.1 Å². The molecule has 0 aliphatic heterocycles. The van der Waals surface area contributed by atoms with E-state index in [1.54, 1.807) is 83.1 Å². The van der Waals surface area contributed by atoms with Gasteiger partial charge in [-0.15, -0.1) is 0 Å². The lowest BCUT2D eigenvalue weighted by Gasteiger charge is -2.27. The van der Waals surface area contributed by atoms with Crippen LogP contribution in [0.2, 0.25) is 0 Å². The molecule has 0 saturated heterocycles. The molecule has 0 radical (unpaired) electrons. The van der Waals surface area contributed by atoms with Crippen LogP contribution in [-0.4, -0.2) is 152 Å². The summed E-state index contributed by atoms with van der Waals surface area (Å²) < 4.78 is 45.8. The first-order valence-electron chi connectivity index (χ1n) is 23.7. The highest BCUT2D eigenvalue weighted by Gasteiger charge is 2.23. The quantitative estimate of drug-likeness (QED) is 0.0317. The van der Waals surface area contributed by atoms with Gasteiger partial charge < -0.3 is 73.2 Å². The number of amides is 5. The van der Waals surface area contributed by atoms with Crippen molar-refractivity contribution in [1.29, 1.82) is 0 Å². The van der Waals surface area contributed by atoms with Crippen LogP contribution in [0, 0.1) is 0 Å². The minimum absolute atomic E-state index is 0.00228. The van der Waals surface area contributed by atoms with E-state index in [2.05, 4.69) is 56.1 Å². The zero-order valence-corrected chi connectivity index (χ0v) is 47.2. The normalized spacial score (nSPS) is 14.4. The van der Waals surface area contributed by atoms with Crippen LogP contribution in [0.5, 0.6) is 0 Å². The summed E-state index contributed by atoms with van der Waals surface area (Å²) in [4.78, 5) is 66.7. The second kappa shape index (κ2) is 34.7. The van der Waals surface area contributed by atoms with Crippen LogP contribution in [0.4, 0.5) is 30.9 Å². The molecule has 1 aliphatic rings. The number of aliphatic hydroxyl groups excluding tert-OH is 1. The van der Waals surface area contributed by atoms with Crippen molar-refractivity contribution in [2.75, 3.05) is 49.7 Å². The molecule has 13 N–H and O–H groups in total. The van der Waals surface area contributed by atoms with Gasteiger partial charge in [-0.2, -0.15) is 13.4 Å². The van der Waals surface area contributed by atoms with E-state index in [0.717, 1.165) is 19.1 Å². The van der Waals surface area contributed by atoms with Gasteiger partial charge in [0.15, 0.2) is 0 Å². The molecule has 1 aromatic heterocycles. The van der Waals surface area contributed by atoms with E-state index in [1.165, 1.54) is 12.6 Å². The fourth-order valence-electron chi connectivity index (χ4n) is 4.37. The van der Waals surface area contributed by atoms with E-state index in [1.807, 2.05) is 34.6 Å². The van der Waals surface area contributed by atoms with Crippen molar-refractivity contribution in [3.8, 4) is 0 Å². The van der Waals surface area contributed by atoms with Crippen molar-refractivity contribution in [3.05, 3.63) is 22.2 Å². The number of hydrogen-bond donors (Lipinski definition) is 10. The lowest BCUT2D eigenvalue weighted by molar-refractivity contribution is 0.0480. The van der Waals surface area contributed by atoms with E-state index in [4.69, 9.17) is 46.8 Å². The van der Waals surface area contributed by atoms with Gasteiger partial charge in [-0.05, 0) is 142 Å². The molecule has 1 aliphatic carbocycles. The highest BCUT2D eigenvalue weighted by atomic mass is 32.2. The maximum Gasteiger partial charge on any atom is 0.407 e. The number of hydrogen-bond acceptors (Lipinski definition) is 20. The van der Waals surface area contributed by atoms with Gasteiger partial charge in [-0.25, -0.2) is 24.2 Å². The van der Waals surface area contributed by atoms with Gasteiger partial charge in [0.1, 0.15) is 28.2 Å². The molecule has 1 fully saturated rings. The molecule has 1 aromatic rings. The molecule has 2 rings (SSSR count). The van der Waals surface area contributed by atoms with Gasteiger partial charge in [-0.1, -0.05) is 5.11 Å². The van der Waals surface area contributed by atoms with Crippen molar-refractivity contribution >= 4 is 52.2 Å². The van der Waals surface area contributed by atoms with E-state index in [9.17, 15) is 32.4 Å². The molecule has 1 heterocycles. The number of nitrogens with two attached hydrogens (primary N) is 3. The van der Waals surface area contributed by atoms with Crippen LogP contribution in [0.25, 0.3) is 10.4 Å². The molecule has 5 atom stereocenters. The predicted octanol–water partition coefficient (Wildman–Crippen LogP) is 5.13. The number of carbonyl (C=O) groups is 5. The summed E-state index contributed by atoms with van der Waals surface area (Å²) in [5.74, 6) is 0.420. The largest absolute Gasteiger partial charge is 0.444 e. The van der Waals surface area contributed by atoms with Crippen LogP contribution >= 0.6 is 0 Å². The first-order valence-corrected chi connectivity index (χ1v) is 25.5. The number of azide groups is 1. The SMILES string of the molecule is C[C@@H](CN)NC(=O)OC(C)(C)C.C[C@@H](CN=[N+]=[N-])NC(=O)OC(C)(C)C.C[C@@H](CO)NC(=O)OC(C)(C)C.C[C@@H](COS(C)(=O)=O)NC(=O)OC(C)(C)C.C[C@H](N)CNc1ncc(C(N)=O)c(NC2CCC2)n1. The number of nitrogens with zero attached hydrogens (tertiary/aromatic N) is 5. The summed E-state index contributed by atoms with van der Waals surface area (Å²) in [6, 6.07) is -0.596. The Balaban J connectivity index is -0.000000850. The second-order valence-corrected chi connectivity index (χ2v) is 22.6. The molecule has 73 heavy (non-hydrogen) atoms. The Morgan fingerprint density at radius 2 is 1.18 bits per heavy atom. The number of anilines is 2. The number of alkyl carbamates (subject to hydrolysis) is 4. The Labute approximate surface area is 432 Å². The Morgan fingerprint density at radius 3 is 1.51 bits per heavy atom. The third kappa shape index (κ3) is 47.1. The first-order chi connectivity index (χ1) is 33.1. The van der Waals surface area contributed by atoms with E-state index < -0.39 is 68.8 Å². The second-order valence-electron chi connectivity index (χ2n) is 21.0. The topological polar surface area (TPSA) is 411 Å². The average molecular weight is 1070 g/mol. The molecule has 424 valence electrons. The third-order valence-corrected chi connectivity index (χ3v) is 8.28. The Kier molecular flexibility index (Phi) is 34.0. The van der Waals surface area contributed by atoms with Gasteiger partial charge in [0.25, 0.3) is 16.0 Å². The molecule has 0 unspecified atom stereocenters. The van der Waals surface area contributed by atoms with E-state index >= 15 is 0 Å².